The highest BCUT2D eigenvalue weighted by atomic mass is 19.4. The molecular weight excluding hydrogens is 229 g/mol. The molecule has 1 aromatic rings. The number of nitrogens with zero attached hydrogens (tertiary/aromatic N) is 1. The molecule has 1 heterocycles. The van der Waals surface area contributed by atoms with E-state index in [0.717, 1.165) is 12.3 Å². The van der Waals surface area contributed by atoms with E-state index in [2.05, 4.69) is 4.98 Å². The summed E-state index contributed by atoms with van der Waals surface area (Å²) in [6, 6.07) is 2.26. The molecule has 16 heavy (non-hydrogen) atoms. The topological polar surface area (TPSA) is 79.3 Å². The summed E-state index contributed by atoms with van der Waals surface area (Å²) in [5.41, 5.74) is -0.514. The van der Waals surface area contributed by atoms with Gasteiger partial charge in [-0.2, -0.15) is 13.2 Å². The van der Waals surface area contributed by atoms with E-state index in [0.29, 0.717) is 0 Å². The number of aromatic carboxylic acids is 1. The minimum atomic E-state index is -5.09. The molecule has 2 N–H and O–H groups in total. The van der Waals surface area contributed by atoms with Gasteiger partial charge in [0, 0.05) is 6.20 Å². The summed E-state index contributed by atoms with van der Waals surface area (Å²) < 4.78 is 35.6. The first-order valence-corrected chi connectivity index (χ1v) is 3.89. The molecule has 0 aromatic carbocycles. The Morgan fingerprint density at radius 3 is 2.50 bits per heavy atom. The van der Waals surface area contributed by atoms with Crippen molar-refractivity contribution in [3.8, 4) is 0 Å². The normalized spacial score (nSPS) is 10.9. The third-order valence-corrected chi connectivity index (χ3v) is 1.53. The molecule has 0 aliphatic heterocycles. The molecule has 8 heteroatoms. The fraction of sp³-hybridized carbons (Fsp3) is 0.125. The van der Waals surface area contributed by atoms with E-state index in [1.807, 2.05) is 0 Å². The number of amides is 1. The molecule has 0 spiro atoms. The zero-order valence-corrected chi connectivity index (χ0v) is 7.58. The second kappa shape index (κ2) is 4.17. The van der Waals surface area contributed by atoms with E-state index in [9.17, 15) is 22.8 Å². The fourth-order valence-corrected chi connectivity index (χ4v) is 0.856. The maximum absolute atomic E-state index is 11.9. The Hall–Kier alpha value is -2.12. The summed E-state index contributed by atoms with van der Waals surface area (Å²) in [7, 11) is 0. The molecule has 1 rings (SSSR count). The number of carbonyl (C=O) groups is 2. The molecule has 0 atom stereocenters. The molecule has 0 unspecified atom stereocenters. The summed E-state index contributed by atoms with van der Waals surface area (Å²) in [6.07, 6.45) is -4.02. The quantitative estimate of drug-likeness (QED) is 0.807. The summed E-state index contributed by atoms with van der Waals surface area (Å²) >= 11 is 0. The van der Waals surface area contributed by atoms with Crippen molar-refractivity contribution in [3.63, 3.8) is 0 Å². The molecule has 0 bridgehead atoms. The van der Waals surface area contributed by atoms with Crippen LogP contribution in [0.2, 0.25) is 0 Å². The van der Waals surface area contributed by atoms with Gasteiger partial charge >= 0.3 is 18.1 Å². The lowest BCUT2D eigenvalue weighted by Gasteiger charge is -2.08. The Labute approximate surface area is 86.9 Å². The van der Waals surface area contributed by atoms with Crippen molar-refractivity contribution in [2.75, 3.05) is 5.32 Å². The standard InChI is InChI=1S/C8H5F3N2O3/c9-8(10,11)7(16)13-5-4(6(14)15)2-1-3-12-5/h1-3H,(H,14,15)(H,12,13,16). The molecule has 5 nitrogen and oxygen atoms in total. The van der Waals surface area contributed by atoms with Crippen LogP contribution in [0.4, 0.5) is 19.0 Å². The number of pyridine rings is 1. The lowest BCUT2D eigenvalue weighted by Crippen LogP contribution is -2.31. The summed E-state index contributed by atoms with van der Waals surface area (Å²) in [5, 5.41) is 9.98. The predicted octanol–water partition coefficient (Wildman–Crippen LogP) is 1.28. The van der Waals surface area contributed by atoms with Gasteiger partial charge in [-0.3, -0.25) is 4.79 Å². The first-order chi connectivity index (χ1) is 7.32. The maximum Gasteiger partial charge on any atom is 0.471 e. The van der Waals surface area contributed by atoms with Gasteiger partial charge in [-0.25, -0.2) is 9.78 Å². The van der Waals surface area contributed by atoms with Crippen LogP contribution in [0.1, 0.15) is 10.4 Å². The van der Waals surface area contributed by atoms with Crippen molar-refractivity contribution in [1.82, 2.24) is 4.98 Å². The smallest absolute Gasteiger partial charge is 0.471 e. The lowest BCUT2D eigenvalue weighted by molar-refractivity contribution is -0.167. The van der Waals surface area contributed by atoms with E-state index in [1.54, 1.807) is 0 Å². The average Bonchev–Trinajstić information content (AvgIpc) is 2.16. The summed E-state index contributed by atoms with van der Waals surface area (Å²) in [4.78, 5) is 24.5. The van der Waals surface area contributed by atoms with Crippen LogP contribution < -0.4 is 5.32 Å². The number of hydrogen-bond acceptors (Lipinski definition) is 3. The molecule has 1 amide bonds. The van der Waals surface area contributed by atoms with Crippen molar-refractivity contribution >= 4 is 17.7 Å². The van der Waals surface area contributed by atoms with Crippen LogP contribution in [0.3, 0.4) is 0 Å². The number of carboxylic acid groups (broad SMARTS) is 1. The highest BCUT2D eigenvalue weighted by Gasteiger charge is 2.39. The Balaban J connectivity index is 2.98. The van der Waals surface area contributed by atoms with Gasteiger partial charge in [0.25, 0.3) is 0 Å². The van der Waals surface area contributed by atoms with E-state index in [-0.39, 0.29) is 0 Å². The van der Waals surface area contributed by atoms with Crippen LogP contribution >= 0.6 is 0 Å². The van der Waals surface area contributed by atoms with Crippen LogP contribution in [-0.2, 0) is 4.79 Å². The van der Waals surface area contributed by atoms with E-state index >= 15 is 0 Å². The number of anilines is 1. The Morgan fingerprint density at radius 2 is 2.00 bits per heavy atom. The molecule has 0 fully saturated rings. The number of rotatable bonds is 2. The largest absolute Gasteiger partial charge is 0.478 e. The van der Waals surface area contributed by atoms with Crippen LogP contribution in [0.15, 0.2) is 18.3 Å². The van der Waals surface area contributed by atoms with E-state index in [4.69, 9.17) is 5.11 Å². The van der Waals surface area contributed by atoms with Crippen molar-refractivity contribution in [2.24, 2.45) is 0 Å². The number of aromatic nitrogens is 1. The van der Waals surface area contributed by atoms with Crippen LogP contribution in [-0.4, -0.2) is 28.1 Å². The minimum Gasteiger partial charge on any atom is -0.478 e. The molecular formula is C8H5F3N2O3. The Kier molecular flexibility index (Phi) is 3.11. The monoisotopic (exact) mass is 234 g/mol. The molecule has 1 aromatic heterocycles. The molecule has 0 saturated heterocycles. The van der Waals surface area contributed by atoms with Crippen molar-refractivity contribution in [1.29, 1.82) is 0 Å². The van der Waals surface area contributed by atoms with Gasteiger partial charge in [0.1, 0.15) is 11.4 Å². The summed E-state index contributed by atoms with van der Waals surface area (Å²) in [5.74, 6) is -4.39. The van der Waals surface area contributed by atoms with Crippen molar-refractivity contribution in [3.05, 3.63) is 23.9 Å². The molecule has 86 valence electrons. The molecule has 0 aliphatic carbocycles. The highest BCUT2D eigenvalue weighted by molar-refractivity contribution is 6.00. The Morgan fingerprint density at radius 1 is 1.38 bits per heavy atom. The predicted molar refractivity (Wildman–Crippen MR) is 45.9 cm³/mol. The lowest BCUT2D eigenvalue weighted by atomic mass is 10.2. The van der Waals surface area contributed by atoms with Crippen molar-refractivity contribution < 1.29 is 27.9 Å². The van der Waals surface area contributed by atoms with Crippen LogP contribution in [0, 0.1) is 0 Å². The van der Waals surface area contributed by atoms with Gasteiger partial charge < -0.3 is 10.4 Å². The number of carboxylic acids is 1. The average molecular weight is 234 g/mol. The van der Waals surface area contributed by atoms with Crippen molar-refractivity contribution in [2.45, 2.75) is 6.18 Å². The Bertz CT molecular complexity index is 431. The van der Waals surface area contributed by atoms with Gasteiger partial charge in [-0.15, -0.1) is 0 Å². The first kappa shape index (κ1) is 12.0. The second-order valence-corrected chi connectivity index (χ2v) is 2.66. The van der Waals surface area contributed by atoms with Gasteiger partial charge in [-0.05, 0) is 12.1 Å². The third-order valence-electron chi connectivity index (χ3n) is 1.53. The molecule has 0 radical (unpaired) electrons. The number of halogens is 3. The van der Waals surface area contributed by atoms with Gasteiger partial charge in [0.05, 0.1) is 0 Å². The zero-order valence-electron chi connectivity index (χ0n) is 7.58. The van der Waals surface area contributed by atoms with Crippen LogP contribution in [0.25, 0.3) is 0 Å². The van der Waals surface area contributed by atoms with Crippen LogP contribution in [0.5, 0.6) is 0 Å². The number of alkyl halides is 3. The van der Waals surface area contributed by atoms with Gasteiger partial charge in [0.15, 0.2) is 0 Å². The number of carbonyl (C=O) groups excluding carboxylic acids is 1. The number of nitrogens with one attached hydrogen (secondary N) is 1. The third kappa shape index (κ3) is 2.69. The van der Waals surface area contributed by atoms with E-state index < -0.39 is 29.4 Å². The second-order valence-electron chi connectivity index (χ2n) is 2.66. The minimum absolute atomic E-state index is 0.514. The maximum atomic E-state index is 11.9. The molecule has 0 saturated carbocycles. The van der Waals surface area contributed by atoms with Gasteiger partial charge in [-0.1, -0.05) is 0 Å². The molecule has 0 aliphatic rings. The number of hydrogen-bond donors (Lipinski definition) is 2. The summed E-state index contributed by atoms with van der Waals surface area (Å²) in [6.45, 7) is 0. The first-order valence-electron chi connectivity index (χ1n) is 3.89. The highest BCUT2D eigenvalue weighted by Crippen LogP contribution is 2.19. The fourth-order valence-electron chi connectivity index (χ4n) is 0.856. The SMILES string of the molecule is O=C(O)c1cccnc1NC(=O)C(F)(F)F. The van der Waals surface area contributed by atoms with Gasteiger partial charge in [0.2, 0.25) is 0 Å². The zero-order chi connectivity index (χ0) is 12.3. The van der Waals surface area contributed by atoms with E-state index in [1.165, 1.54) is 11.4 Å².